The number of aliphatic hydroxyl groups excluding tert-OH is 1. The largest absolute Gasteiger partial charge is 0.465 e. The number of hydrogen-bond donors (Lipinski definition) is 3. The van der Waals surface area contributed by atoms with Gasteiger partial charge < -0.3 is 20.1 Å². The van der Waals surface area contributed by atoms with Gasteiger partial charge in [0.2, 0.25) is 5.95 Å². The average Bonchev–Trinajstić information content (AvgIpc) is 3.06. The number of hydrogen-bond acceptors (Lipinski definition) is 7. The lowest BCUT2D eigenvalue weighted by Crippen LogP contribution is -2.28. The van der Waals surface area contributed by atoms with Crippen molar-refractivity contribution in [3.8, 4) is 0 Å². The number of imidazole rings is 1. The van der Waals surface area contributed by atoms with Crippen molar-refractivity contribution in [2.45, 2.75) is 39.3 Å². The van der Waals surface area contributed by atoms with Gasteiger partial charge in [0.05, 0.1) is 23.9 Å². The smallest absolute Gasteiger partial charge is 0.311 e. The van der Waals surface area contributed by atoms with Gasteiger partial charge >= 0.3 is 5.97 Å². The number of rotatable bonds is 3. The van der Waals surface area contributed by atoms with Crippen LogP contribution < -0.4 is 11.3 Å². The first-order chi connectivity index (χ1) is 12.1. The minimum absolute atomic E-state index is 0.0101. The zero-order valence-electron chi connectivity index (χ0n) is 15.0. The Kier molecular flexibility index (Phi) is 4.35. The molecule has 2 aromatic rings. The fourth-order valence-corrected chi connectivity index (χ4v) is 3.10. The van der Waals surface area contributed by atoms with Crippen molar-refractivity contribution in [3.05, 3.63) is 28.8 Å². The summed E-state index contributed by atoms with van der Waals surface area (Å²) in [6, 6.07) is -0.318. The number of aromatic amines is 1. The van der Waals surface area contributed by atoms with Crippen LogP contribution in [0.5, 0.6) is 0 Å². The van der Waals surface area contributed by atoms with E-state index < -0.39 is 23.0 Å². The van der Waals surface area contributed by atoms with Crippen molar-refractivity contribution >= 4 is 23.1 Å². The van der Waals surface area contributed by atoms with Crippen LogP contribution in [-0.2, 0) is 9.53 Å². The summed E-state index contributed by atoms with van der Waals surface area (Å²) in [7, 11) is 0. The number of fused-ring (bicyclic) bond motifs is 1. The van der Waals surface area contributed by atoms with E-state index in [1.165, 1.54) is 6.33 Å². The third kappa shape index (κ3) is 3.10. The van der Waals surface area contributed by atoms with Gasteiger partial charge in [-0.15, -0.1) is 0 Å². The van der Waals surface area contributed by atoms with Crippen LogP contribution in [0.3, 0.4) is 0 Å². The normalized spacial score (nSPS) is 23.5. The molecule has 0 bridgehead atoms. The summed E-state index contributed by atoms with van der Waals surface area (Å²) in [5.41, 5.74) is 5.78. The van der Waals surface area contributed by atoms with Crippen molar-refractivity contribution < 1.29 is 14.6 Å². The lowest BCUT2D eigenvalue weighted by molar-refractivity contribution is -0.154. The SMILES string of the molecule is C=C1C(COC(=O)C(C)(C)C)C(O)CC1n1cnc2c(=O)[nH]c(N)nc21. The van der Waals surface area contributed by atoms with Gasteiger partial charge in [-0.3, -0.25) is 14.6 Å². The summed E-state index contributed by atoms with van der Waals surface area (Å²) in [6.07, 6.45) is 1.12. The van der Waals surface area contributed by atoms with E-state index >= 15 is 0 Å². The number of nitrogen functional groups attached to an aromatic ring is 1. The Morgan fingerprint density at radius 2 is 2.23 bits per heavy atom. The van der Waals surface area contributed by atoms with Crippen molar-refractivity contribution in [2.75, 3.05) is 12.3 Å². The standard InChI is InChI=1S/C17H23N5O4/c1-8-9(6-26-15(25)17(2,3)4)11(23)5-10(8)22-7-19-12-13(22)20-16(18)21-14(12)24/h7,9-11,23H,1,5-6H2,2-4H3,(H3,18,20,21,24). The van der Waals surface area contributed by atoms with E-state index in [0.717, 1.165) is 0 Å². The van der Waals surface area contributed by atoms with Crippen LogP contribution in [0.25, 0.3) is 11.2 Å². The number of nitrogens with one attached hydrogen (secondary N) is 1. The Balaban J connectivity index is 1.84. The molecule has 0 amide bonds. The van der Waals surface area contributed by atoms with Gasteiger partial charge in [0.1, 0.15) is 6.61 Å². The molecule has 3 rings (SSSR count). The van der Waals surface area contributed by atoms with E-state index in [1.807, 2.05) is 0 Å². The predicted molar refractivity (Wildman–Crippen MR) is 95.3 cm³/mol. The number of ether oxygens (including phenoxy) is 1. The summed E-state index contributed by atoms with van der Waals surface area (Å²) < 4.78 is 7.03. The quantitative estimate of drug-likeness (QED) is 0.542. The summed E-state index contributed by atoms with van der Waals surface area (Å²) in [5.74, 6) is -0.748. The first-order valence-electron chi connectivity index (χ1n) is 8.36. The van der Waals surface area contributed by atoms with Gasteiger partial charge in [-0.05, 0) is 32.8 Å². The monoisotopic (exact) mass is 361 g/mol. The zero-order chi connectivity index (χ0) is 19.2. The number of aromatic nitrogens is 4. The third-order valence-corrected chi connectivity index (χ3v) is 4.63. The van der Waals surface area contributed by atoms with Crippen molar-refractivity contribution in [2.24, 2.45) is 11.3 Å². The van der Waals surface area contributed by atoms with E-state index in [1.54, 1.807) is 25.3 Å². The molecule has 2 aromatic heterocycles. The number of aliphatic hydroxyl groups is 1. The molecule has 9 heteroatoms. The highest BCUT2D eigenvalue weighted by Crippen LogP contribution is 2.40. The Hall–Kier alpha value is -2.68. The number of nitrogens with two attached hydrogens (primary N) is 1. The highest BCUT2D eigenvalue weighted by molar-refractivity contribution is 5.75. The van der Waals surface area contributed by atoms with Crippen LogP contribution in [0.15, 0.2) is 23.3 Å². The lowest BCUT2D eigenvalue weighted by Gasteiger charge is -2.21. The summed E-state index contributed by atoms with van der Waals surface area (Å²) in [4.78, 5) is 34.5. The van der Waals surface area contributed by atoms with Gasteiger partial charge in [-0.25, -0.2) is 4.98 Å². The molecule has 1 aliphatic rings. The summed E-state index contributed by atoms with van der Waals surface area (Å²) in [6.45, 7) is 9.42. The van der Waals surface area contributed by atoms with Gasteiger partial charge in [-0.1, -0.05) is 6.58 Å². The number of H-pyrrole nitrogens is 1. The van der Waals surface area contributed by atoms with Crippen molar-refractivity contribution in [3.63, 3.8) is 0 Å². The maximum atomic E-state index is 12.0. The van der Waals surface area contributed by atoms with Crippen molar-refractivity contribution in [1.82, 2.24) is 19.5 Å². The molecule has 3 unspecified atom stereocenters. The molecule has 1 saturated carbocycles. The molecule has 26 heavy (non-hydrogen) atoms. The molecule has 0 spiro atoms. The van der Waals surface area contributed by atoms with Gasteiger partial charge in [0.25, 0.3) is 5.56 Å². The first kappa shape index (κ1) is 18.1. The van der Waals surface area contributed by atoms with Gasteiger partial charge in [-0.2, -0.15) is 4.98 Å². The maximum Gasteiger partial charge on any atom is 0.311 e. The zero-order valence-corrected chi connectivity index (χ0v) is 15.0. The summed E-state index contributed by atoms with van der Waals surface area (Å²) in [5, 5.41) is 10.4. The van der Waals surface area contributed by atoms with Gasteiger partial charge in [0.15, 0.2) is 11.2 Å². The molecule has 4 N–H and O–H groups in total. The molecule has 3 atom stereocenters. The van der Waals surface area contributed by atoms with E-state index in [9.17, 15) is 14.7 Å². The second-order valence-electron chi connectivity index (χ2n) is 7.62. The molecule has 1 aliphatic carbocycles. The maximum absolute atomic E-state index is 12.0. The van der Waals surface area contributed by atoms with Crippen LogP contribution in [0.1, 0.15) is 33.2 Å². The number of esters is 1. The number of anilines is 1. The molecule has 0 aromatic carbocycles. The van der Waals surface area contributed by atoms with Crippen LogP contribution >= 0.6 is 0 Å². The Labute approximate surface area is 149 Å². The predicted octanol–water partition coefficient (Wildman–Crippen LogP) is 0.769. The van der Waals surface area contributed by atoms with Crippen LogP contribution in [0.4, 0.5) is 5.95 Å². The molecule has 1 fully saturated rings. The van der Waals surface area contributed by atoms with Crippen molar-refractivity contribution in [1.29, 1.82) is 0 Å². The molecular weight excluding hydrogens is 338 g/mol. The van der Waals surface area contributed by atoms with Gasteiger partial charge in [0, 0.05) is 5.92 Å². The Morgan fingerprint density at radius 3 is 2.88 bits per heavy atom. The third-order valence-electron chi connectivity index (χ3n) is 4.63. The van der Waals surface area contributed by atoms with E-state index in [0.29, 0.717) is 17.6 Å². The molecule has 140 valence electrons. The molecule has 2 heterocycles. The van der Waals surface area contributed by atoms with E-state index in [2.05, 4.69) is 21.5 Å². The number of nitrogens with zero attached hydrogens (tertiary/aromatic N) is 3. The highest BCUT2D eigenvalue weighted by atomic mass is 16.5. The Bertz CT molecular complexity index is 923. The van der Waals surface area contributed by atoms with Crippen LogP contribution in [-0.4, -0.2) is 43.3 Å². The number of carbonyl (C=O) groups is 1. The molecular formula is C17H23N5O4. The minimum atomic E-state index is -0.725. The fourth-order valence-electron chi connectivity index (χ4n) is 3.10. The minimum Gasteiger partial charge on any atom is -0.465 e. The summed E-state index contributed by atoms with van der Waals surface area (Å²) >= 11 is 0. The fraction of sp³-hybridized carbons (Fsp3) is 0.529. The van der Waals surface area contributed by atoms with Crippen LogP contribution in [0.2, 0.25) is 0 Å². The molecule has 0 radical (unpaired) electrons. The first-order valence-corrected chi connectivity index (χ1v) is 8.36. The number of carbonyl (C=O) groups excluding carboxylic acids is 1. The second-order valence-corrected chi connectivity index (χ2v) is 7.62. The topological polar surface area (TPSA) is 136 Å². The molecule has 9 nitrogen and oxygen atoms in total. The molecule has 0 aliphatic heterocycles. The lowest BCUT2D eigenvalue weighted by atomic mass is 9.97. The average molecular weight is 361 g/mol. The Morgan fingerprint density at radius 1 is 1.54 bits per heavy atom. The van der Waals surface area contributed by atoms with Crippen LogP contribution in [0, 0.1) is 11.3 Å². The molecule has 0 saturated heterocycles. The highest BCUT2D eigenvalue weighted by Gasteiger charge is 2.39. The second kappa shape index (κ2) is 6.24. The van der Waals surface area contributed by atoms with E-state index in [4.69, 9.17) is 10.5 Å². The van der Waals surface area contributed by atoms with E-state index in [-0.39, 0.29) is 30.1 Å².